The molecule has 0 radical (unpaired) electrons. The lowest BCUT2D eigenvalue weighted by Crippen LogP contribution is -1.99. The number of hydrogen-bond donors (Lipinski definition) is 3. The Morgan fingerprint density at radius 1 is 1.00 bits per heavy atom. The number of methoxy groups -OCH3 is 2. The third kappa shape index (κ3) is 3.84. The van der Waals surface area contributed by atoms with Crippen molar-refractivity contribution in [2.45, 2.75) is 13.2 Å². The zero-order chi connectivity index (χ0) is 25.5. The largest absolute Gasteiger partial charge is 0.497 e. The molecule has 3 N–H and O–H groups in total. The van der Waals surface area contributed by atoms with Gasteiger partial charge in [-0.15, -0.1) is 11.3 Å². The van der Waals surface area contributed by atoms with E-state index in [1.807, 2.05) is 65.5 Å². The number of nitrogens with zero attached hydrogens (tertiary/aromatic N) is 3. The van der Waals surface area contributed by atoms with Gasteiger partial charge in [-0.2, -0.15) is 0 Å². The quantitative estimate of drug-likeness (QED) is 0.268. The maximum Gasteiger partial charge on any atom is 0.144 e. The number of H-pyrrole nitrogens is 1. The van der Waals surface area contributed by atoms with E-state index < -0.39 is 0 Å². The standard InChI is InChI=1S/C28H24N4O4S/c1-35-19-7-8-23-20(10-19)21(11-30-23)25-12-29-15-32(25)18-5-3-16(4-6-18)28-31-24-9-17(13-33)22(14-34)26(36-2)27(24)37-28/h3-12,15,30,33-34H,13-14H2,1-2H3. The molecule has 0 aliphatic heterocycles. The zero-order valence-corrected chi connectivity index (χ0v) is 21.0. The van der Waals surface area contributed by atoms with Gasteiger partial charge in [0, 0.05) is 39.5 Å². The summed E-state index contributed by atoms with van der Waals surface area (Å²) in [6.07, 6.45) is 5.65. The number of aliphatic hydroxyl groups excluding tert-OH is 2. The van der Waals surface area contributed by atoms with Gasteiger partial charge in [-0.05, 0) is 54.1 Å². The minimum atomic E-state index is -0.215. The first kappa shape index (κ1) is 23.2. The molecule has 0 aliphatic carbocycles. The van der Waals surface area contributed by atoms with E-state index in [1.54, 1.807) is 20.5 Å². The highest BCUT2D eigenvalue weighted by Crippen LogP contribution is 2.40. The molecule has 3 aromatic carbocycles. The second kappa shape index (κ2) is 9.36. The molecule has 6 aromatic rings. The molecular formula is C28H24N4O4S. The molecule has 9 heteroatoms. The van der Waals surface area contributed by atoms with E-state index in [-0.39, 0.29) is 13.2 Å². The van der Waals surface area contributed by atoms with Crippen LogP contribution in [0.1, 0.15) is 11.1 Å². The Balaban J connectivity index is 1.38. The first-order chi connectivity index (χ1) is 18.1. The summed E-state index contributed by atoms with van der Waals surface area (Å²) >= 11 is 1.50. The van der Waals surface area contributed by atoms with E-state index in [0.29, 0.717) is 16.9 Å². The summed E-state index contributed by atoms with van der Waals surface area (Å²) in [5.41, 5.74) is 6.89. The average molecular weight is 513 g/mol. The summed E-state index contributed by atoms with van der Waals surface area (Å²) < 4.78 is 13.9. The van der Waals surface area contributed by atoms with Crippen molar-refractivity contribution in [1.82, 2.24) is 19.5 Å². The summed E-state index contributed by atoms with van der Waals surface area (Å²) in [5, 5.41) is 21.4. The molecule has 0 bridgehead atoms. The number of aromatic amines is 1. The van der Waals surface area contributed by atoms with Crippen molar-refractivity contribution in [3.8, 4) is 39.0 Å². The second-order valence-electron chi connectivity index (χ2n) is 8.54. The van der Waals surface area contributed by atoms with Crippen LogP contribution in [-0.2, 0) is 13.2 Å². The third-order valence-electron chi connectivity index (χ3n) is 6.56. The van der Waals surface area contributed by atoms with Crippen molar-refractivity contribution in [3.63, 3.8) is 0 Å². The fraction of sp³-hybridized carbons (Fsp3) is 0.143. The van der Waals surface area contributed by atoms with Crippen molar-refractivity contribution in [2.24, 2.45) is 0 Å². The summed E-state index contributed by atoms with van der Waals surface area (Å²) in [5.74, 6) is 1.36. The van der Waals surface area contributed by atoms with Gasteiger partial charge >= 0.3 is 0 Å². The van der Waals surface area contributed by atoms with Crippen LogP contribution in [0.15, 0.2) is 67.3 Å². The highest BCUT2D eigenvalue weighted by Gasteiger charge is 2.18. The smallest absolute Gasteiger partial charge is 0.144 e. The summed E-state index contributed by atoms with van der Waals surface area (Å²) in [6.45, 7) is -0.409. The molecule has 8 nitrogen and oxygen atoms in total. The Morgan fingerprint density at radius 2 is 1.84 bits per heavy atom. The predicted octanol–water partition coefficient (Wildman–Crippen LogP) is 5.30. The maximum absolute atomic E-state index is 9.82. The van der Waals surface area contributed by atoms with Crippen LogP contribution in [0.5, 0.6) is 11.5 Å². The molecule has 3 heterocycles. The van der Waals surface area contributed by atoms with Crippen LogP contribution in [0, 0.1) is 0 Å². The Morgan fingerprint density at radius 3 is 2.57 bits per heavy atom. The Hall–Kier alpha value is -4.18. The van der Waals surface area contributed by atoms with Gasteiger partial charge < -0.3 is 24.7 Å². The van der Waals surface area contributed by atoms with E-state index in [0.717, 1.165) is 54.4 Å². The molecule has 0 aliphatic rings. The minimum absolute atomic E-state index is 0.194. The van der Waals surface area contributed by atoms with Gasteiger partial charge in [0.1, 0.15) is 16.5 Å². The van der Waals surface area contributed by atoms with Crippen molar-refractivity contribution in [1.29, 1.82) is 0 Å². The van der Waals surface area contributed by atoms with Crippen LogP contribution in [0.3, 0.4) is 0 Å². The van der Waals surface area contributed by atoms with E-state index in [2.05, 4.69) is 9.97 Å². The number of imidazole rings is 1. The van der Waals surface area contributed by atoms with Gasteiger partial charge in [-0.25, -0.2) is 9.97 Å². The highest BCUT2D eigenvalue weighted by atomic mass is 32.1. The molecule has 0 unspecified atom stereocenters. The van der Waals surface area contributed by atoms with Crippen molar-refractivity contribution in [2.75, 3.05) is 14.2 Å². The van der Waals surface area contributed by atoms with Gasteiger partial charge in [0.05, 0.1) is 55.9 Å². The number of aliphatic hydroxyl groups is 2. The molecule has 0 fully saturated rings. The molecule has 186 valence electrons. The lowest BCUT2D eigenvalue weighted by Gasteiger charge is -2.11. The van der Waals surface area contributed by atoms with Gasteiger partial charge in [-0.1, -0.05) is 0 Å². The lowest BCUT2D eigenvalue weighted by molar-refractivity contribution is 0.254. The molecular weight excluding hydrogens is 488 g/mol. The van der Waals surface area contributed by atoms with Gasteiger partial charge in [0.15, 0.2) is 0 Å². The lowest BCUT2D eigenvalue weighted by atomic mass is 10.1. The van der Waals surface area contributed by atoms with Crippen molar-refractivity contribution < 1.29 is 19.7 Å². The van der Waals surface area contributed by atoms with Crippen molar-refractivity contribution >= 4 is 32.5 Å². The maximum atomic E-state index is 9.82. The number of fused-ring (bicyclic) bond motifs is 2. The number of thiazole rings is 1. The molecule has 0 saturated heterocycles. The summed E-state index contributed by atoms with van der Waals surface area (Å²) in [6, 6.07) is 15.9. The molecule has 0 spiro atoms. The number of ether oxygens (including phenoxy) is 2. The third-order valence-corrected chi connectivity index (χ3v) is 7.68. The Labute approximate surface area is 216 Å². The van der Waals surface area contributed by atoms with Gasteiger partial charge in [0.2, 0.25) is 0 Å². The number of aromatic nitrogens is 4. The van der Waals surface area contributed by atoms with Crippen LogP contribution in [0.25, 0.3) is 48.6 Å². The first-order valence-electron chi connectivity index (χ1n) is 11.6. The number of rotatable bonds is 7. The zero-order valence-electron chi connectivity index (χ0n) is 20.2. The van der Waals surface area contributed by atoms with E-state index >= 15 is 0 Å². The van der Waals surface area contributed by atoms with Gasteiger partial charge in [0.25, 0.3) is 0 Å². The summed E-state index contributed by atoms with van der Waals surface area (Å²) in [7, 11) is 3.23. The molecule has 0 amide bonds. The van der Waals surface area contributed by atoms with E-state index in [9.17, 15) is 10.2 Å². The molecule has 0 saturated carbocycles. The van der Waals surface area contributed by atoms with Crippen LogP contribution >= 0.6 is 11.3 Å². The second-order valence-corrected chi connectivity index (χ2v) is 9.54. The Kier molecular flexibility index (Phi) is 5.88. The number of hydrogen-bond acceptors (Lipinski definition) is 7. The molecule has 6 rings (SSSR count). The molecule has 37 heavy (non-hydrogen) atoms. The normalized spacial score (nSPS) is 11.5. The van der Waals surface area contributed by atoms with Crippen LogP contribution < -0.4 is 9.47 Å². The highest BCUT2D eigenvalue weighted by molar-refractivity contribution is 7.22. The fourth-order valence-corrected chi connectivity index (χ4v) is 5.78. The van der Waals surface area contributed by atoms with E-state index in [1.165, 1.54) is 11.3 Å². The van der Waals surface area contributed by atoms with Crippen molar-refractivity contribution in [3.05, 3.63) is 78.4 Å². The monoisotopic (exact) mass is 512 g/mol. The Bertz CT molecular complexity index is 1730. The van der Waals surface area contributed by atoms with Crippen LogP contribution in [0.2, 0.25) is 0 Å². The minimum Gasteiger partial charge on any atom is -0.497 e. The first-order valence-corrected chi connectivity index (χ1v) is 12.5. The number of nitrogens with one attached hydrogen (secondary N) is 1. The SMILES string of the molecule is COc1ccc2[nH]cc(-c3cncn3-c3ccc(-c4nc5cc(CO)c(CO)c(OC)c5s4)cc3)c2c1. The van der Waals surface area contributed by atoms with E-state index in [4.69, 9.17) is 14.5 Å². The van der Waals surface area contributed by atoms with Gasteiger partial charge in [-0.3, -0.25) is 4.57 Å². The topological polar surface area (TPSA) is 105 Å². The molecule has 3 aromatic heterocycles. The predicted molar refractivity (Wildman–Crippen MR) is 144 cm³/mol. The average Bonchev–Trinajstić information content (AvgIpc) is 3.69. The summed E-state index contributed by atoms with van der Waals surface area (Å²) in [4.78, 5) is 12.5. The molecule has 0 atom stereocenters. The number of benzene rings is 3. The van der Waals surface area contributed by atoms with Crippen LogP contribution in [-0.4, -0.2) is 44.0 Å². The fourth-order valence-electron chi connectivity index (χ4n) is 4.68. The van der Waals surface area contributed by atoms with Crippen LogP contribution in [0.4, 0.5) is 0 Å².